The number of benzene rings is 2. The van der Waals surface area contributed by atoms with E-state index < -0.39 is 5.97 Å². The van der Waals surface area contributed by atoms with Gasteiger partial charge in [-0.1, -0.05) is 42.5 Å². The molecule has 0 atom stereocenters. The second-order valence-corrected chi connectivity index (χ2v) is 5.29. The Morgan fingerprint density at radius 2 is 1.72 bits per heavy atom. The van der Waals surface area contributed by atoms with E-state index in [1.165, 1.54) is 4.90 Å². The molecular weight excluding hydrogens is 320 g/mol. The highest BCUT2D eigenvalue weighted by Gasteiger charge is 2.13. The fraction of sp³-hybridized carbons (Fsp3) is 0.211. The first kappa shape index (κ1) is 18.0. The van der Waals surface area contributed by atoms with E-state index in [-0.39, 0.29) is 19.1 Å². The summed E-state index contributed by atoms with van der Waals surface area (Å²) in [6, 6.07) is 18.1. The summed E-state index contributed by atoms with van der Waals surface area (Å²) < 4.78 is 10.2. The zero-order valence-electron chi connectivity index (χ0n) is 13.8. The Balaban J connectivity index is 1.75. The highest BCUT2D eigenvalue weighted by atomic mass is 16.6. The maximum atomic E-state index is 12.0. The van der Waals surface area contributed by atoms with Crippen molar-refractivity contribution in [1.82, 2.24) is 4.90 Å². The van der Waals surface area contributed by atoms with Crippen LogP contribution in [0.15, 0.2) is 54.6 Å². The molecule has 0 aliphatic carbocycles. The molecule has 0 aromatic heterocycles. The number of nitriles is 1. The van der Waals surface area contributed by atoms with E-state index in [0.717, 1.165) is 5.56 Å². The summed E-state index contributed by atoms with van der Waals surface area (Å²) in [4.78, 5) is 25.2. The molecule has 0 heterocycles. The van der Waals surface area contributed by atoms with Gasteiger partial charge in [0.1, 0.15) is 11.8 Å². The van der Waals surface area contributed by atoms with Gasteiger partial charge in [-0.15, -0.1) is 0 Å². The lowest BCUT2D eigenvalue weighted by Gasteiger charge is -2.17. The SMILES string of the molecule is CN(Cc1ccccc1)C(=O)COC(=O)COc1ccccc1C#N. The predicted molar refractivity (Wildman–Crippen MR) is 90.5 cm³/mol. The van der Waals surface area contributed by atoms with Crippen LogP contribution in [0.2, 0.25) is 0 Å². The number of nitrogens with zero attached hydrogens (tertiary/aromatic N) is 2. The molecule has 0 radical (unpaired) electrons. The molecule has 2 rings (SSSR count). The number of hydrogen-bond acceptors (Lipinski definition) is 5. The number of para-hydroxylation sites is 1. The number of rotatable bonds is 7. The minimum Gasteiger partial charge on any atom is -0.481 e. The Kier molecular flexibility index (Phi) is 6.55. The van der Waals surface area contributed by atoms with E-state index >= 15 is 0 Å². The second kappa shape index (κ2) is 9.08. The van der Waals surface area contributed by atoms with Crippen LogP contribution in [0.1, 0.15) is 11.1 Å². The summed E-state index contributed by atoms with van der Waals surface area (Å²) in [6.45, 7) is -0.289. The van der Waals surface area contributed by atoms with E-state index in [1.54, 1.807) is 31.3 Å². The molecule has 0 spiro atoms. The summed E-state index contributed by atoms with van der Waals surface area (Å²) in [5.41, 5.74) is 1.31. The molecule has 2 aromatic rings. The van der Waals surface area contributed by atoms with Gasteiger partial charge >= 0.3 is 5.97 Å². The van der Waals surface area contributed by atoms with Crippen molar-refractivity contribution < 1.29 is 19.1 Å². The zero-order chi connectivity index (χ0) is 18.1. The molecular formula is C19H18N2O4. The van der Waals surface area contributed by atoms with Crippen LogP contribution in [0.25, 0.3) is 0 Å². The quantitative estimate of drug-likeness (QED) is 0.723. The summed E-state index contributed by atoms with van der Waals surface area (Å²) in [5.74, 6) is -0.682. The third kappa shape index (κ3) is 5.66. The molecule has 0 bridgehead atoms. The van der Waals surface area contributed by atoms with Crippen LogP contribution >= 0.6 is 0 Å². The molecule has 6 nitrogen and oxygen atoms in total. The van der Waals surface area contributed by atoms with Gasteiger partial charge < -0.3 is 14.4 Å². The Labute approximate surface area is 146 Å². The van der Waals surface area contributed by atoms with Crippen molar-refractivity contribution in [2.24, 2.45) is 0 Å². The summed E-state index contributed by atoms with van der Waals surface area (Å²) in [5, 5.41) is 8.95. The molecule has 0 saturated carbocycles. The number of ether oxygens (including phenoxy) is 2. The average Bonchev–Trinajstić information content (AvgIpc) is 2.65. The summed E-state index contributed by atoms with van der Waals surface area (Å²) >= 11 is 0. The number of likely N-dealkylation sites (N-methyl/N-ethyl adjacent to an activating group) is 1. The number of carbonyl (C=O) groups excluding carboxylic acids is 2. The maximum Gasteiger partial charge on any atom is 0.344 e. The highest BCUT2D eigenvalue weighted by Crippen LogP contribution is 2.16. The van der Waals surface area contributed by atoms with Crippen LogP contribution in [-0.4, -0.2) is 37.0 Å². The molecule has 6 heteroatoms. The van der Waals surface area contributed by atoms with E-state index in [2.05, 4.69) is 0 Å². The van der Waals surface area contributed by atoms with E-state index in [0.29, 0.717) is 17.9 Å². The second-order valence-electron chi connectivity index (χ2n) is 5.29. The highest BCUT2D eigenvalue weighted by molar-refractivity contribution is 5.80. The number of amides is 1. The summed E-state index contributed by atoms with van der Waals surface area (Å²) in [6.07, 6.45) is 0. The Morgan fingerprint density at radius 3 is 2.44 bits per heavy atom. The molecule has 25 heavy (non-hydrogen) atoms. The van der Waals surface area contributed by atoms with Crippen molar-refractivity contribution in [3.8, 4) is 11.8 Å². The maximum absolute atomic E-state index is 12.0. The molecule has 0 aliphatic rings. The first-order valence-corrected chi connectivity index (χ1v) is 7.65. The third-order valence-corrected chi connectivity index (χ3v) is 3.40. The Morgan fingerprint density at radius 1 is 1.04 bits per heavy atom. The van der Waals surface area contributed by atoms with Gasteiger partial charge in [0.25, 0.3) is 5.91 Å². The first-order valence-electron chi connectivity index (χ1n) is 7.65. The Bertz CT molecular complexity index is 768. The van der Waals surface area contributed by atoms with Crippen molar-refractivity contribution in [1.29, 1.82) is 5.26 Å². The molecule has 0 saturated heterocycles. The monoisotopic (exact) mass is 338 g/mol. The Hall–Kier alpha value is -3.33. The lowest BCUT2D eigenvalue weighted by atomic mass is 10.2. The van der Waals surface area contributed by atoms with Crippen LogP contribution in [0.3, 0.4) is 0 Å². The van der Waals surface area contributed by atoms with Gasteiger partial charge in [0.15, 0.2) is 13.2 Å². The third-order valence-electron chi connectivity index (χ3n) is 3.40. The van der Waals surface area contributed by atoms with Crippen molar-refractivity contribution in [2.45, 2.75) is 6.54 Å². The fourth-order valence-electron chi connectivity index (χ4n) is 2.06. The van der Waals surface area contributed by atoms with Crippen LogP contribution in [0, 0.1) is 11.3 Å². The lowest BCUT2D eigenvalue weighted by molar-refractivity contribution is -0.153. The van der Waals surface area contributed by atoms with Gasteiger partial charge in [0.05, 0.1) is 5.56 Å². The molecule has 0 fully saturated rings. The lowest BCUT2D eigenvalue weighted by Crippen LogP contribution is -2.31. The van der Waals surface area contributed by atoms with Crippen LogP contribution in [0.4, 0.5) is 0 Å². The standard InChI is InChI=1S/C19H18N2O4/c1-21(12-15-7-3-2-4-8-15)18(22)13-25-19(23)14-24-17-10-6-5-9-16(17)11-20/h2-10H,12-14H2,1H3. The van der Waals surface area contributed by atoms with Crippen molar-refractivity contribution in [2.75, 3.05) is 20.3 Å². The topological polar surface area (TPSA) is 79.6 Å². The van der Waals surface area contributed by atoms with Crippen LogP contribution in [0.5, 0.6) is 5.75 Å². The predicted octanol–water partition coefficient (Wildman–Crippen LogP) is 2.14. The van der Waals surface area contributed by atoms with Gasteiger partial charge in [-0.2, -0.15) is 5.26 Å². The number of esters is 1. The van der Waals surface area contributed by atoms with Gasteiger partial charge in [-0.3, -0.25) is 4.79 Å². The minimum absolute atomic E-state index is 0.300. The van der Waals surface area contributed by atoms with E-state index in [1.807, 2.05) is 36.4 Å². The van der Waals surface area contributed by atoms with Crippen LogP contribution in [-0.2, 0) is 20.9 Å². The van der Waals surface area contributed by atoms with Crippen molar-refractivity contribution >= 4 is 11.9 Å². The molecule has 0 N–H and O–H groups in total. The smallest absolute Gasteiger partial charge is 0.344 e. The zero-order valence-corrected chi connectivity index (χ0v) is 13.8. The molecule has 2 aromatic carbocycles. The number of hydrogen-bond donors (Lipinski definition) is 0. The van der Waals surface area contributed by atoms with Gasteiger partial charge in [0.2, 0.25) is 0 Å². The number of carbonyl (C=O) groups is 2. The van der Waals surface area contributed by atoms with Gasteiger partial charge in [0, 0.05) is 13.6 Å². The first-order chi connectivity index (χ1) is 12.1. The van der Waals surface area contributed by atoms with Gasteiger partial charge in [-0.25, -0.2) is 4.79 Å². The van der Waals surface area contributed by atoms with Crippen molar-refractivity contribution in [3.05, 3.63) is 65.7 Å². The molecule has 1 amide bonds. The molecule has 0 aliphatic heterocycles. The van der Waals surface area contributed by atoms with E-state index in [9.17, 15) is 9.59 Å². The van der Waals surface area contributed by atoms with Crippen LogP contribution < -0.4 is 4.74 Å². The van der Waals surface area contributed by atoms with Crippen molar-refractivity contribution in [3.63, 3.8) is 0 Å². The average molecular weight is 338 g/mol. The van der Waals surface area contributed by atoms with E-state index in [4.69, 9.17) is 14.7 Å². The normalized spacial score (nSPS) is 9.76. The largest absolute Gasteiger partial charge is 0.481 e. The summed E-state index contributed by atoms with van der Waals surface area (Å²) in [7, 11) is 1.64. The van der Waals surface area contributed by atoms with Gasteiger partial charge in [-0.05, 0) is 17.7 Å². The minimum atomic E-state index is -0.672. The molecule has 128 valence electrons. The fourth-order valence-corrected chi connectivity index (χ4v) is 2.06. The molecule has 0 unspecified atom stereocenters.